The van der Waals surface area contributed by atoms with Gasteiger partial charge in [-0.25, -0.2) is 0 Å². The number of carbonyl (C=O) groups excluding carboxylic acids is 2. The SMILES string of the molecule is CCOC1=CC(=O)NC(C(=O)c2ccc(Cl)cc2)C1. The Morgan fingerprint density at radius 2 is 2.11 bits per heavy atom. The second-order valence-corrected chi connectivity index (χ2v) is 4.62. The van der Waals surface area contributed by atoms with Gasteiger partial charge in [-0.1, -0.05) is 11.6 Å². The van der Waals surface area contributed by atoms with Gasteiger partial charge in [-0.15, -0.1) is 0 Å². The van der Waals surface area contributed by atoms with E-state index in [0.29, 0.717) is 29.4 Å². The quantitative estimate of drug-likeness (QED) is 0.861. The number of halogens is 1. The van der Waals surface area contributed by atoms with Crippen LogP contribution in [0.5, 0.6) is 0 Å². The van der Waals surface area contributed by atoms with Gasteiger partial charge in [-0.05, 0) is 31.2 Å². The van der Waals surface area contributed by atoms with Crippen LogP contribution < -0.4 is 5.32 Å². The molecule has 0 aromatic heterocycles. The summed E-state index contributed by atoms with van der Waals surface area (Å²) in [6.45, 7) is 2.31. The second-order valence-electron chi connectivity index (χ2n) is 4.18. The largest absolute Gasteiger partial charge is 0.498 e. The minimum atomic E-state index is -0.583. The average Bonchev–Trinajstić information content (AvgIpc) is 2.38. The van der Waals surface area contributed by atoms with Gasteiger partial charge in [-0.2, -0.15) is 0 Å². The number of Topliss-reactive ketones (excluding diaryl/α,β-unsaturated/α-hetero) is 1. The van der Waals surface area contributed by atoms with Crippen LogP contribution in [-0.4, -0.2) is 24.3 Å². The van der Waals surface area contributed by atoms with Crippen molar-refractivity contribution in [1.82, 2.24) is 5.32 Å². The standard InChI is InChI=1S/C14H14ClNO3/c1-2-19-11-7-12(16-13(17)8-11)14(18)9-3-5-10(15)6-4-9/h3-6,8,12H,2,7H2,1H3,(H,16,17). The van der Waals surface area contributed by atoms with Crippen molar-refractivity contribution in [2.45, 2.75) is 19.4 Å². The lowest BCUT2D eigenvalue weighted by Crippen LogP contribution is -2.43. The molecule has 5 heteroatoms. The lowest BCUT2D eigenvalue weighted by molar-refractivity contribution is -0.117. The predicted molar refractivity (Wildman–Crippen MR) is 72.0 cm³/mol. The smallest absolute Gasteiger partial charge is 0.247 e. The Labute approximate surface area is 116 Å². The summed E-state index contributed by atoms with van der Waals surface area (Å²) in [7, 11) is 0. The molecule has 1 aromatic rings. The third kappa shape index (κ3) is 3.35. The third-order valence-electron chi connectivity index (χ3n) is 2.79. The maximum absolute atomic E-state index is 12.3. The van der Waals surface area contributed by atoms with E-state index in [1.54, 1.807) is 24.3 Å². The minimum absolute atomic E-state index is 0.143. The zero-order valence-electron chi connectivity index (χ0n) is 10.5. The first-order valence-electron chi connectivity index (χ1n) is 6.04. The van der Waals surface area contributed by atoms with Crippen LogP contribution in [0.1, 0.15) is 23.7 Å². The van der Waals surface area contributed by atoms with Gasteiger partial charge in [0.1, 0.15) is 5.76 Å². The molecule has 1 atom stereocenters. The topological polar surface area (TPSA) is 55.4 Å². The van der Waals surface area contributed by atoms with E-state index in [0.717, 1.165) is 0 Å². The second kappa shape index (κ2) is 5.89. The van der Waals surface area contributed by atoms with Crippen molar-refractivity contribution in [2.75, 3.05) is 6.61 Å². The Morgan fingerprint density at radius 1 is 1.42 bits per heavy atom. The molecule has 1 aromatic carbocycles. The van der Waals surface area contributed by atoms with Crippen molar-refractivity contribution in [1.29, 1.82) is 0 Å². The van der Waals surface area contributed by atoms with Crippen molar-refractivity contribution in [2.24, 2.45) is 0 Å². The van der Waals surface area contributed by atoms with Crippen molar-refractivity contribution < 1.29 is 14.3 Å². The van der Waals surface area contributed by atoms with Gasteiger partial charge < -0.3 is 10.1 Å². The van der Waals surface area contributed by atoms with Gasteiger partial charge in [0.05, 0.1) is 12.6 Å². The fourth-order valence-corrected chi connectivity index (χ4v) is 2.06. The molecule has 19 heavy (non-hydrogen) atoms. The van der Waals surface area contributed by atoms with E-state index in [-0.39, 0.29) is 11.7 Å². The molecule has 100 valence electrons. The highest BCUT2D eigenvalue weighted by Crippen LogP contribution is 2.17. The van der Waals surface area contributed by atoms with Crippen molar-refractivity contribution in [3.8, 4) is 0 Å². The first kappa shape index (κ1) is 13.6. The Hall–Kier alpha value is -1.81. The molecule has 0 saturated carbocycles. The maximum Gasteiger partial charge on any atom is 0.247 e. The molecular formula is C14H14ClNO3. The van der Waals surface area contributed by atoms with E-state index < -0.39 is 6.04 Å². The zero-order chi connectivity index (χ0) is 13.8. The van der Waals surface area contributed by atoms with Crippen molar-refractivity contribution in [3.05, 3.63) is 46.7 Å². The lowest BCUT2D eigenvalue weighted by Gasteiger charge is -2.22. The number of amides is 1. The fraction of sp³-hybridized carbons (Fsp3) is 0.286. The van der Waals surface area contributed by atoms with E-state index in [9.17, 15) is 9.59 Å². The number of hydrogen-bond acceptors (Lipinski definition) is 3. The Kier molecular flexibility index (Phi) is 4.22. The number of benzene rings is 1. The summed E-state index contributed by atoms with van der Waals surface area (Å²) in [5, 5.41) is 3.21. The van der Waals surface area contributed by atoms with Crippen LogP contribution in [-0.2, 0) is 9.53 Å². The van der Waals surface area contributed by atoms with E-state index in [4.69, 9.17) is 16.3 Å². The molecule has 0 spiro atoms. The van der Waals surface area contributed by atoms with Crippen LogP contribution in [0.4, 0.5) is 0 Å². The van der Waals surface area contributed by atoms with Gasteiger partial charge in [-0.3, -0.25) is 9.59 Å². The average molecular weight is 280 g/mol. The van der Waals surface area contributed by atoms with Gasteiger partial charge >= 0.3 is 0 Å². The molecule has 0 aliphatic carbocycles. The maximum atomic E-state index is 12.3. The number of ketones is 1. The van der Waals surface area contributed by atoms with Crippen molar-refractivity contribution >= 4 is 23.3 Å². The van der Waals surface area contributed by atoms with E-state index in [1.807, 2.05) is 6.92 Å². The Balaban J connectivity index is 2.14. The molecule has 0 radical (unpaired) electrons. The molecular weight excluding hydrogens is 266 g/mol. The summed E-state index contributed by atoms with van der Waals surface area (Å²) in [5.74, 6) is 0.0934. The molecule has 1 heterocycles. The monoisotopic (exact) mass is 279 g/mol. The molecule has 1 N–H and O–H groups in total. The van der Waals surface area contributed by atoms with Crippen LogP contribution >= 0.6 is 11.6 Å². The van der Waals surface area contributed by atoms with E-state index in [2.05, 4.69) is 5.32 Å². The first-order valence-corrected chi connectivity index (χ1v) is 6.41. The molecule has 0 fully saturated rings. The Bertz CT molecular complexity index is 522. The van der Waals surface area contributed by atoms with Crippen LogP contribution in [0.2, 0.25) is 5.02 Å². The summed E-state index contributed by atoms with van der Waals surface area (Å²) >= 11 is 5.78. The van der Waals surface area contributed by atoms with Crippen LogP contribution in [0.15, 0.2) is 36.1 Å². The molecule has 4 nitrogen and oxygen atoms in total. The molecule has 1 unspecified atom stereocenters. The van der Waals surface area contributed by atoms with Gasteiger partial charge in [0, 0.05) is 23.1 Å². The molecule has 0 bridgehead atoms. The summed E-state index contributed by atoms with van der Waals surface area (Å²) < 4.78 is 5.32. The van der Waals surface area contributed by atoms with E-state index in [1.165, 1.54) is 6.08 Å². The minimum Gasteiger partial charge on any atom is -0.498 e. The summed E-state index contributed by atoms with van der Waals surface area (Å²) in [6.07, 6.45) is 1.76. The molecule has 1 aliphatic rings. The summed E-state index contributed by atoms with van der Waals surface area (Å²) in [4.78, 5) is 23.8. The van der Waals surface area contributed by atoms with Crippen LogP contribution in [0, 0.1) is 0 Å². The van der Waals surface area contributed by atoms with Crippen molar-refractivity contribution in [3.63, 3.8) is 0 Å². The number of nitrogens with one attached hydrogen (secondary N) is 1. The number of rotatable bonds is 4. The molecule has 2 rings (SSSR count). The number of carbonyl (C=O) groups is 2. The fourth-order valence-electron chi connectivity index (χ4n) is 1.93. The van der Waals surface area contributed by atoms with Gasteiger partial charge in [0.15, 0.2) is 5.78 Å². The predicted octanol–water partition coefficient (Wildman–Crippen LogP) is 2.33. The zero-order valence-corrected chi connectivity index (χ0v) is 11.2. The number of hydrogen-bond donors (Lipinski definition) is 1. The normalized spacial score (nSPS) is 18.5. The highest BCUT2D eigenvalue weighted by molar-refractivity contribution is 6.30. The summed E-state index contributed by atoms with van der Waals surface area (Å²) in [6, 6.07) is 6.02. The van der Waals surface area contributed by atoms with Crippen LogP contribution in [0.3, 0.4) is 0 Å². The van der Waals surface area contributed by atoms with E-state index >= 15 is 0 Å². The highest BCUT2D eigenvalue weighted by Gasteiger charge is 2.27. The van der Waals surface area contributed by atoms with Gasteiger partial charge in [0.2, 0.25) is 5.91 Å². The molecule has 1 amide bonds. The lowest BCUT2D eigenvalue weighted by atomic mass is 9.98. The summed E-state index contributed by atoms with van der Waals surface area (Å²) in [5.41, 5.74) is 0.521. The highest BCUT2D eigenvalue weighted by atomic mass is 35.5. The number of ether oxygens (including phenoxy) is 1. The van der Waals surface area contributed by atoms with Crippen LogP contribution in [0.25, 0.3) is 0 Å². The molecule has 0 saturated heterocycles. The molecule has 1 aliphatic heterocycles. The Morgan fingerprint density at radius 3 is 2.74 bits per heavy atom. The first-order chi connectivity index (χ1) is 9.10. The third-order valence-corrected chi connectivity index (χ3v) is 3.04. The van der Waals surface area contributed by atoms with Gasteiger partial charge in [0.25, 0.3) is 0 Å².